The quantitative estimate of drug-likeness (QED) is 0.213. The highest BCUT2D eigenvalue weighted by Crippen LogP contribution is 2.42. The second-order valence-electron chi connectivity index (χ2n) is 10.2. The Hall–Kier alpha value is -3.80. The summed E-state index contributed by atoms with van der Waals surface area (Å²) in [4.78, 5) is 25.3. The van der Waals surface area contributed by atoms with E-state index in [0.717, 1.165) is 58.6 Å². The molecule has 220 valence electrons. The number of hydrogen-bond acceptors (Lipinski definition) is 8. The molecule has 1 aliphatic rings. The van der Waals surface area contributed by atoms with Crippen molar-refractivity contribution in [3.05, 3.63) is 53.0 Å². The number of carbonyl (C=O) groups is 2. The summed E-state index contributed by atoms with van der Waals surface area (Å²) in [5.41, 5.74) is 2.16. The number of carboxylic acids is 2. The van der Waals surface area contributed by atoms with E-state index in [1.807, 2.05) is 42.5 Å². The number of aliphatic hydroxyl groups excluding tert-OH is 1. The largest absolute Gasteiger partial charge is 0.497 e. The van der Waals surface area contributed by atoms with E-state index >= 15 is 0 Å². The minimum absolute atomic E-state index is 0.286. The van der Waals surface area contributed by atoms with E-state index in [0.29, 0.717) is 18.5 Å². The Balaban J connectivity index is 0.000000585. The molecule has 0 radical (unpaired) electrons. The van der Waals surface area contributed by atoms with Crippen LogP contribution >= 0.6 is 11.3 Å². The molecule has 10 nitrogen and oxygen atoms in total. The predicted octanol–water partition coefficient (Wildman–Crippen LogP) is 4.87. The third-order valence-corrected chi connectivity index (χ3v) is 8.53. The van der Waals surface area contributed by atoms with Crippen LogP contribution in [0.5, 0.6) is 17.2 Å². The molecule has 0 unspecified atom stereocenters. The number of rotatable bonds is 8. The standard InChI is InChI=1S/C28H34N2O4S.C2H2O4/c1-17-10-22-24(29-17)6-5-7-25(22)34-16-20(31)15-30-9-8-19(11-18(30)2)27-14-23-26(33-4)12-21(32-3)13-28(23)35-27;3-1(4)2(5)6/h5-7,10,12-14,18-20,29,31H,8-9,11,15-16H2,1-4H3;(H,3,4)(H,5,6)/t18-,19-,20+;/m1./s1. The minimum atomic E-state index is -1.82. The lowest BCUT2D eigenvalue weighted by atomic mass is 9.90. The van der Waals surface area contributed by atoms with Crippen molar-refractivity contribution < 1.29 is 39.1 Å². The van der Waals surface area contributed by atoms with Gasteiger partial charge in [-0.1, -0.05) is 6.07 Å². The fourth-order valence-electron chi connectivity index (χ4n) is 5.24. The number of thiophene rings is 1. The lowest BCUT2D eigenvalue weighted by molar-refractivity contribution is -0.159. The molecule has 3 atom stereocenters. The summed E-state index contributed by atoms with van der Waals surface area (Å²) >= 11 is 1.84. The normalized spacial score (nSPS) is 18.0. The number of fused-ring (bicyclic) bond motifs is 2. The average molecular weight is 585 g/mol. The van der Waals surface area contributed by atoms with E-state index in [9.17, 15) is 5.11 Å². The van der Waals surface area contributed by atoms with E-state index in [2.05, 4.69) is 35.0 Å². The van der Waals surface area contributed by atoms with Crippen LogP contribution in [-0.2, 0) is 9.59 Å². The predicted molar refractivity (Wildman–Crippen MR) is 158 cm³/mol. The number of H-pyrrole nitrogens is 1. The van der Waals surface area contributed by atoms with Crippen LogP contribution in [0.25, 0.3) is 21.0 Å². The molecule has 4 N–H and O–H groups in total. The van der Waals surface area contributed by atoms with Crippen molar-refractivity contribution in [1.29, 1.82) is 0 Å². The average Bonchev–Trinajstić information content (AvgIpc) is 3.55. The third-order valence-electron chi connectivity index (χ3n) is 7.28. The van der Waals surface area contributed by atoms with Gasteiger partial charge >= 0.3 is 11.9 Å². The molecule has 2 aromatic heterocycles. The fraction of sp³-hybridized carbons (Fsp3) is 0.400. The molecule has 11 heteroatoms. The maximum atomic E-state index is 10.7. The Bertz CT molecular complexity index is 1500. The molecule has 2 aromatic carbocycles. The van der Waals surface area contributed by atoms with Crippen molar-refractivity contribution in [2.24, 2.45) is 0 Å². The van der Waals surface area contributed by atoms with Gasteiger partial charge in [0.05, 0.1) is 14.2 Å². The molecule has 1 fully saturated rings. The molecular formula is C30H36N2O8S. The summed E-state index contributed by atoms with van der Waals surface area (Å²) in [7, 11) is 3.40. The first-order valence-electron chi connectivity index (χ1n) is 13.3. The number of carboxylic acid groups (broad SMARTS) is 2. The number of nitrogens with one attached hydrogen (secondary N) is 1. The van der Waals surface area contributed by atoms with Gasteiger partial charge in [-0.15, -0.1) is 11.3 Å². The van der Waals surface area contributed by atoms with Crippen LogP contribution in [-0.4, -0.2) is 83.2 Å². The Kier molecular flexibility index (Phi) is 9.74. The van der Waals surface area contributed by atoms with Crippen LogP contribution in [0, 0.1) is 6.92 Å². The number of aromatic amines is 1. The van der Waals surface area contributed by atoms with Crippen LogP contribution in [0.1, 0.15) is 36.3 Å². The van der Waals surface area contributed by atoms with Crippen molar-refractivity contribution in [1.82, 2.24) is 9.88 Å². The highest BCUT2D eigenvalue weighted by Gasteiger charge is 2.29. The number of aliphatic hydroxyl groups is 1. The van der Waals surface area contributed by atoms with Gasteiger partial charge in [0.1, 0.15) is 30.0 Å². The lowest BCUT2D eigenvalue weighted by Gasteiger charge is -2.38. The van der Waals surface area contributed by atoms with Gasteiger partial charge in [-0.05, 0) is 69.5 Å². The molecular weight excluding hydrogens is 548 g/mol. The molecule has 1 saturated heterocycles. The maximum Gasteiger partial charge on any atom is 0.414 e. The molecule has 0 saturated carbocycles. The van der Waals surface area contributed by atoms with Gasteiger partial charge < -0.3 is 34.5 Å². The van der Waals surface area contributed by atoms with Crippen LogP contribution in [0.3, 0.4) is 0 Å². The van der Waals surface area contributed by atoms with E-state index in [1.54, 1.807) is 14.2 Å². The first-order valence-corrected chi connectivity index (χ1v) is 14.2. The number of methoxy groups -OCH3 is 2. The lowest BCUT2D eigenvalue weighted by Crippen LogP contribution is -2.45. The topological polar surface area (TPSA) is 142 Å². The van der Waals surface area contributed by atoms with E-state index in [4.69, 9.17) is 34.0 Å². The monoisotopic (exact) mass is 584 g/mol. The number of aryl methyl sites for hydroxylation is 1. The zero-order valence-corrected chi connectivity index (χ0v) is 24.4. The highest BCUT2D eigenvalue weighted by atomic mass is 32.1. The molecule has 0 bridgehead atoms. The first-order chi connectivity index (χ1) is 19.6. The second kappa shape index (κ2) is 13.2. The molecule has 0 spiro atoms. The summed E-state index contributed by atoms with van der Waals surface area (Å²) < 4.78 is 18.3. The summed E-state index contributed by atoms with van der Waals surface area (Å²) in [5, 5.41) is 27.7. The summed E-state index contributed by atoms with van der Waals surface area (Å²) in [5.74, 6) is -0.636. The zero-order valence-electron chi connectivity index (χ0n) is 23.5. The van der Waals surface area contributed by atoms with Gasteiger partial charge in [-0.25, -0.2) is 9.59 Å². The molecule has 3 heterocycles. The smallest absolute Gasteiger partial charge is 0.414 e. The van der Waals surface area contributed by atoms with E-state index in [1.165, 1.54) is 9.58 Å². The molecule has 5 rings (SSSR count). The van der Waals surface area contributed by atoms with Crippen molar-refractivity contribution in [2.75, 3.05) is 33.9 Å². The number of ether oxygens (including phenoxy) is 3. The SMILES string of the molecule is COc1cc(OC)c2cc([C@@H]3CCN(C[C@H](O)COc4cccc5[nH]c(C)cc45)[C@H](C)C3)sc2c1.O=C(O)C(=O)O. The van der Waals surface area contributed by atoms with E-state index < -0.39 is 18.0 Å². The van der Waals surface area contributed by atoms with Gasteiger partial charge in [-0.3, -0.25) is 4.90 Å². The Morgan fingerprint density at radius 3 is 2.49 bits per heavy atom. The number of likely N-dealkylation sites (tertiary alicyclic amines) is 1. The molecule has 0 amide bonds. The Morgan fingerprint density at radius 1 is 1.07 bits per heavy atom. The number of aliphatic carboxylic acids is 2. The van der Waals surface area contributed by atoms with Crippen molar-refractivity contribution >= 4 is 44.3 Å². The van der Waals surface area contributed by atoms with Crippen LogP contribution < -0.4 is 14.2 Å². The number of hydrogen-bond donors (Lipinski definition) is 4. The third kappa shape index (κ3) is 7.29. The van der Waals surface area contributed by atoms with Gasteiger partial charge in [0.15, 0.2) is 0 Å². The zero-order chi connectivity index (χ0) is 29.7. The van der Waals surface area contributed by atoms with Gasteiger partial charge in [0.2, 0.25) is 0 Å². The van der Waals surface area contributed by atoms with Gasteiger partial charge in [-0.2, -0.15) is 0 Å². The van der Waals surface area contributed by atoms with Crippen molar-refractivity contribution in [3.63, 3.8) is 0 Å². The molecule has 41 heavy (non-hydrogen) atoms. The number of aromatic nitrogens is 1. The van der Waals surface area contributed by atoms with Crippen LogP contribution in [0.2, 0.25) is 0 Å². The summed E-state index contributed by atoms with van der Waals surface area (Å²) in [6.45, 7) is 6.17. The minimum Gasteiger partial charge on any atom is -0.497 e. The number of β-amino-alcohol motifs (C(OH)–C–C–N with tert-alkyl or cyclic N) is 1. The number of piperidine rings is 1. The van der Waals surface area contributed by atoms with Gasteiger partial charge in [0.25, 0.3) is 0 Å². The van der Waals surface area contributed by atoms with Crippen molar-refractivity contribution in [3.8, 4) is 17.2 Å². The molecule has 4 aromatic rings. The summed E-state index contributed by atoms with van der Waals surface area (Å²) in [6, 6.07) is 14.8. The summed E-state index contributed by atoms with van der Waals surface area (Å²) in [6.07, 6.45) is 1.61. The van der Waals surface area contributed by atoms with Gasteiger partial charge in [0, 0.05) is 50.2 Å². The Labute approximate surface area is 242 Å². The first kappa shape index (κ1) is 30.2. The second-order valence-corrected chi connectivity index (χ2v) is 11.3. The van der Waals surface area contributed by atoms with Crippen molar-refractivity contribution in [2.45, 2.75) is 44.8 Å². The highest BCUT2D eigenvalue weighted by molar-refractivity contribution is 7.19. The molecule has 1 aliphatic heterocycles. The van der Waals surface area contributed by atoms with E-state index in [-0.39, 0.29) is 6.61 Å². The van der Waals surface area contributed by atoms with Crippen LogP contribution in [0.15, 0.2) is 42.5 Å². The number of nitrogens with zero attached hydrogens (tertiary/aromatic N) is 1. The Morgan fingerprint density at radius 2 is 1.83 bits per heavy atom. The van der Waals surface area contributed by atoms with Crippen LogP contribution in [0.4, 0.5) is 0 Å². The molecule has 0 aliphatic carbocycles. The number of benzene rings is 2. The maximum absolute atomic E-state index is 10.7. The fourth-order valence-corrected chi connectivity index (χ4v) is 6.50.